The van der Waals surface area contributed by atoms with Crippen molar-refractivity contribution >= 4 is 5.97 Å². The Hall–Kier alpha value is -1.01. The van der Waals surface area contributed by atoms with E-state index in [1.807, 2.05) is 13.8 Å². The van der Waals surface area contributed by atoms with Gasteiger partial charge in [-0.3, -0.25) is 4.79 Å². The van der Waals surface area contributed by atoms with E-state index in [1.54, 1.807) is 6.92 Å². The second kappa shape index (κ2) is 3.53. The van der Waals surface area contributed by atoms with Crippen LogP contribution >= 0.6 is 0 Å². The minimum absolute atomic E-state index is 0.0145. The molecule has 0 amide bonds. The van der Waals surface area contributed by atoms with Gasteiger partial charge in [0.1, 0.15) is 5.60 Å². The lowest BCUT2D eigenvalue weighted by atomic mass is 9.49. The maximum absolute atomic E-state index is 10.6. The van der Waals surface area contributed by atoms with Crippen LogP contribution in [0.2, 0.25) is 0 Å². The normalized spacial score (nSPS) is 32.2. The van der Waals surface area contributed by atoms with Gasteiger partial charge in [-0.25, -0.2) is 0 Å². The van der Waals surface area contributed by atoms with Crippen LogP contribution in [0, 0.1) is 29.6 Å². The zero-order valence-corrected chi connectivity index (χ0v) is 9.45. The van der Waals surface area contributed by atoms with Crippen molar-refractivity contribution in [3.05, 3.63) is 0 Å². The van der Waals surface area contributed by atoms with E-state index < -0.39 is 11.6 Å². The van der Waals surface area contributed by atoms with E-state index in [0.29, 0.717) is 6.42 Å². The molecule has 1 aliphatic carbocycles. The molecule has 1 rings (SSSR count). The van der Waals surface area contributed by atoms with Gasteiger partial charge in [-0.15, -0.1) is 6.42 Å². The van der Waals surface area contributed by atoms with Crippen LogP contribution in [-0.2, 0) is 4.79 Å². The molecule has 3 heteroatoms. The molecular formula is C12H18O3. The molecule has 0 aromatic rings. The molecule has 0 unspecified atom stereocenters. The number of terminal acetylenes is 1. The highest BCUT2D eigenvalue weighted by Crippen LogP contribution is 2.56. The second-order valence-electron chi connectivity index (χ2n) is 5.20. The molecule has 1 aliphatic rings. The van der Waals surface area contributed by atoms with Crippen LogP contribution in [0.4, 0.5) is 0 Å². The first-order valence-corrected chi connectivity index (χ1v) is 5.13. The summed E-state index contributed by atoms with van der Waals surface area (Å²) in [4.78, 5) is 10.6. The van der Waals surface area contributed by atoms with Gasteiger partial charge in [-0.2, -0.15) is 0 Å². The number of carboxylic acid groups (broad SMARTS) is 1. The number of aliphatic carboxylic acids is 1. The van der Waals surface area contributed by atoms with Gasteiger partial charge >= 0.3 is 5.97 Å². The van der Waals surface area contributed by atoms with Crippen molar-refractivity contribution in [3.8, 4) is 12.3 Å². The van der Waals surface area contributed by atoms with Crippen molar-refractivity contribution < 1.29 is 15.0 Å². The summed E-state index contributed by atoms with van der Waals surface area (Å²) in [5.74, 6) is 1.69. The molecule has 2 N–H and O–H groups in total. The number of carbonyl (C=O) groups is 1. The Morgan fingerprint density at radius 3 is 2.53 bits per heavy atom. The molecule has 1 fully saturated rings. The van der Waals surface area contributed by atoms with Crippen LogP contribution in [0.3, 0.4) is 0 Å². The smallest absolute Gasteiger partial charge is 0.303 e. The van der Waals surface area contributed by atoms with Gasteiger partial charge in [-0.05, 0) is 24.7 Å². The van der Waals surface area contributed by atoms with Gasteiger partial charge in [-0.1, -0.05) is 19.8 Å². The standard InChI is InChI=1S/C12H18O3/c1-5-12(4,15)9-6-8(7-10(13)14)11(9,2)3/h1,8-9,15H,6-7H2,2-4H3,(H,13,14)/t8-,9+,12-/m1/s1. The average molecular weight is 210 g/mol. The molecule has 0 bridgehead atoms. The third kappa shape index (κ3) is 2.00. The maximum Gasteiger partial charge on any atom is 0.303 e. The Kier molecular flexibility index (Phi) is 2.84. The Labute approximate surface area is 90.5 Å². The van der Waals surface area contributed by atoms with E-state index in [-0.39, 0.29) is 23.7 Å². The maximum atomic E-state index is 10.6. The fraction of sp³-hybridized carbons (Fsp3) is 0.750. The Balaban J connectivity index is 2.72. The molecule has 84 valence electrons. The zero-order chi connectivity index (χ0) is 11.9. The third-order valence-electron chi connectivity index (χ3n) is 3.86. The van der Waals surface area contributed by atoms with Crippen LogP contribution in [0.5, 0.6) is 0 Å². The summed E-state index contributed by atoms with van der Waals surface area (Å²) < 4.78 is 0. The Bertz CT molecular complexity index is 309. The zero-order valence-electron chi connectivity index (χ0n) is 9.45. The van der Waals surface area contributed by atoms with Gasteiger partial charge < -0.3 is 10.2 Å². The molecule has 1 saturated carbocycles. The summed E-state index contributed by atoms with van der Waals surface area (Å²) in [5.41, 5.74) is -1.33. The van der Waals surface area contributed by atoms with Gasteiger partial charge in [0.05, 0.1) is 0 Å². The lowest BCUT2D eigenvalue weighted by Gasteiger charge is -2.56. The molecular weight excluding hydrogens is 192 g/mol. The van der Waals surface area contributed by atoms with Crippen LogP contribution in [-0.4, -0.2) is 21.8 Å². The molecule has 3 atom stereocenters. The first kappa shape index (κ1) is 12.1. The first-order valence-electron chi connectivity index (χ1n) is 5.13. The highest BCUT2D eigenvalue weighted by atomic mass is 16.4. The number of carboxylic acids is 1. The molecule has 0 spiro atoms. The van der Waals surface area contributed by atoms with Crippen LogP contribution in [0.1, 0.15) is 33.6 Å². The van der Waals surface area contributed by atoms with Gasteiger partial charge in [0, 0.05) is 12.3 Å². The number of hydrogen-bond donors (Lipinski definition) is 2. The average Bonchev–Trinajstić information content (AvgIpc) is 2.11. The molecule has 0 radical (unpaired) electrons. The summed E-state index contributed by atoms with van der Waals surface area (Å²) in [6.45, 7) is 5.57. The first-order chi connectivity index (χ1) is 6.71. The van der Waals surface area contributed by atoms with Crippen molar-refractivity contribution in [2.24, 2.45) is 17.3 Å². The summed E-state index contributed by atoms with van der Waals surface area (Å²) in [5, 5.41) is 18.7. The summed E-state index contributed by atoms with van der Waals surface area (Å²) in [6.07, 6.45) is 6.12. The summed E-state index contributed by atoms with van der Waals surface area (Å²) >= 11 is 0. The number of rotatable bonds is 3. The molecule has 0 aliphatic heterocycles. The number of hydrogen-bond acceptors (Lipinski definition) is 2. The Morgan fingerprint density at radius 2 is 2.20 bits per heavy atom. The van der Waals surface area contributed by atoms with E-state index in [0.717, 1.165) is 0 Å². The molecule has 0 aromatic heterocycles. The Morgan fingerprint density at radius 1 is 1.67 bits per heavy atom. The van der Waals surface area contributed by atoms with Gasteiger partial charge in [0.25, 0.3) is 0 Å². The molecule has 15 heavy (non-hydrogen) atoms. The topological polar surface area (TPSA) is 57.5 Å². The van der Waals surface area contributed by atoms with Gasteiger partial charge in [0.2, 0.25) is 0 Å². The minimum Gasteiger partial charge on any atom is -0.481 e. The van der Waals surface area contributed by atoms with E-state index in [9.17, 15) is 9.90 Å². The highest BCUT2D eigenvalue weighted by Gasteiger charge is 2.55. The predicted molar refractivity (Wildman–Crippen MR) is 57.1 cm³/mol. The quantitative estimate of drug-likeness (QED) is 0.694. The fourth-order valence-corrected chi connectivity index (χ4v) is 2.63. The summed E-state index contributed by atoms with van der Waals surface area (Å²) in [6, 6.07) is 0. The molecule has 0 heterocycles. The lowest BCUT2D eigenvalue weighted by Crippen LogP contribution is -2.55. The highest BCUT2D eigenvalue weighted by molar-refractivity contribution is 5.67. The van der Waals surface area contributed by atoms with Crippen LogP contribution in [0.15, 0.2) is 0 Å². The van der Waals surface area contributed by atoms with E-state index in [4.69, 9.17) is 11.5 Å². The largest absolute Gasteiger partial charge is 0.481 e. The van der Waals surface area contributed by atoms with Gasteiger partial charge in [0.15, 0.2) is 0 Å². The lowest BCUT2D eigenvalue weighted by molar-refractivity contribution is -0.152. The second-order valence-corrected chi connectivity index (χ2v) is 5.20. The SMILES string of the molecule is C#C[C@@](C)(O)[C@H]1C[C@H](CC(=O)O)C1(C)C. The molecule has 3 nitrogen and oxygen atoms in total. The van der Waals surface area contributed by atoms with Crippen molar-refractivity contribution in [2.45, 2.75) is 39.2 Å². The van der Waals surface area contributed by atoms with E-state index >= 15 is 0 Å². The van der Waals surface area contributed by atoms with E-state index in [2.05, 4.69) is 5.92 Å². The predicted octanol–water partition coefficient (Wildman–Crippen LogP) is 1.51. The van der Waals surface area contributed by atoms with Crippen molar-refractivity contribution in [3.63, 3.8) is 0 Å². The molecule has 0 saturated heterocycles. The van der Waals surface area contributed by atoms with Crippen molar-refractivity contribution in [1.29, 1.82) is 0 Å². The van der Waals surface area contributed by atoms with Crippen LogP contribution < -0.4 is 0 Å². The minimum atomic E-state index is -1.13. The van der Waals surface area contributed by atoms with Crippen LogP contribution in [0.25, 0.3) is 0 Å². The third-order valence-corrected chi connectivity index (χ3v) is 3.86. The monoisotopic (exact) mass is 210 g/mol. The van der Waals surface area contributed by atoms with E-state index in [1.165, 1.54) is 0 Å². The van der Waals surface area contributed by atoms with Crippen molar-refractivity contribution in [2.75, 3.05) is 0 Å². The fourth-order valence-electron chi connectivity index (χ4n) is 2.63. The number of aliphatic hydroxyl groups is 1. The summed E-state index contributed by atoms with van der Waals surface area (Å²) in [7, 11) is 0. The van der Waals surface area contributed by atoms with Crippen molar-refractivity contribution in [1.82, 2.24) is 0 Å². The molecule has 0 aromatic carbocycles.